The largest absolute Gasteiger partial charge is 0.356 e. The summed E-state index contributed by atoms with van der Waals surface area (Å²) in [7, 11) is 2.14. The SMILES string of the molecule is CN1CCc2c(C#N)c(SCc3ccccc3Cl)nc(N3CCCC3)c2C1. The summed E-state index contributed by atoms with van der Waals surface area (Å²) in [5.41, 5.74) is 4.30. The van der Waals surface area contributed by atoms with Gasteiger partial charge in [-0.05, 0) is 43.5 Å². The zero-order valence-electron chi connectivity index (χ0n) is 15.5. The number of hydrogen-bond acceptors (Lipinski definition) is 5. The fourth-order valence-electron chi connectivity index (χ4n) is 3.90. The van der Waals surface area contributed by atoms with Gasteiger partial charge in [0.1, 0.15) is 16.9 Å². The van der Waals surface area contributed by atoms with E-state index in [0.29, 0.717) is 0 Å². The van der Waals surface area contributed by atoms with Crippen LogP contribution in [-0.2, 0) is 18.7 Å². The van der Waals surface area contributed by atoms with Gasteiger partial charge in [0.2, 0.25) is 0 Å². The highest BCUT2D eigenvalue weighted by Crippen LogP contribution is 2.37. The van der Waals surface area contributed by atoms with Gasteiger partial charge in [0, 0.05) is 42.5 Å². The molecular formula is C21H23ClN4S. The van der Waals surface area contributed by atoms with E-state index in [4.69, 9.17) is 16.6 Å². The average molecular weight is 399 g/mol. The van der Waals surface area contributed by atoms with E-state index in [9.17, 15) is 5.26 Å². The molecule has 27 heavy (non-hydrogen) atoms. The van der Waals surface area contributed by atoms with Gasteiger partial charge in [-0.25, -0.2) is 4.98 Å². The van der Waals surface area contributed by atoms with Gasteiger partial charge in [-0.15, -0.1) is 11.8 Å². The van der Waals surface area contributed by atoms with Crippen LogP contribution in [0.2, 0.25) is 5.02 Å². The lowest BCUT2D eigenvalue weighted by Crippen LogP contribution is -2.31. The van der Waals surface area contributed by atoms with Gasteiger partial charge < -0.3 is 9.80 Å². The predicted molar refractivity (Wildman–Crippen MR) is 111 cm³/mol. The first-order valence-corrected chi connectivity index (χ1v) is 10.8. The molecule has 3 heterocycles. The zero-order chi connectivity index (χ0) is 18.8. The monoisotopic (exact) mass is 398 g/mol. The molecule has 0 amide bonds. The van der Waals surface area contributed by atoms with E-state index < -0.39 is 0 Å². The van der Waals surface area contributed by atoms with Crippen molar-refractivity contribution < 1.29 is 0 Å². The van der Waals surface area contributed by atoms with E-state index >= 15 is 0 Å². The Morgan fingerprint density at radius 2 is 1.96 bits per heavy atom. The molecule has 0 radical (unpaired) electrons. The first-order chi connectivity index (χ1) is 13.2. The summed E-state index contributed by atoms with van der Waals surface area (Å²) in [6, 6.07) is 10.3. The van der Waals surface area contributed by atoms with Crippen molar-refractivity contribution in [2.75, 3.05) is 31.6 Å². The lowest BCUT2D eigenvalue weighted by molar-refractivity contribution is 0.312. The Labute approximate surface area is 170 Å². The Hall–Kier alpha value is -1.74. The fraction of sp³-hybridized carbons (Fsp3) is 0.429. The van der Waals surface area contributed by atoms with Crippen molar-refractivity contribution in [2.45, 2.75) is 36.6 Å². The summed E-state index contributed by atoms with van der Waals surface area (Å²) < 4.78 is 0. The molecule has 0 N–H and O–H groups in total. The highest BCUT2D eigenvalue weighted by Gasteiger charge is 2.28. The molecular weight excluding hydrogens is 376 g/mol. The van der Waals surface area contributed by atoms with Crippen molar-refractivity contribution in [3.05, 3.63) is 51.5 Å². The second kappa shape index (κ2) is 8.10. The number of thioether (sulfide) groups is 1. The zero-order valence-corrected chi connectivity index (χ0v) is 17.1. The quantitative estimate of drug-likeness (QED) is 0.710. The van der Waals surface area contributed by atoms with E-state index in [0.717, 1.165) is 65.3 Å². The Kier molecular flexibility index (Phi) is 5.58. The minimum atomic E-state index is 0.722. The minimum Gasteiger partial charge on any atom is -0.356 e. The number of pyridine rings is 1. The van der Waals surface area contributed by atoms with Crippen LogP contribution in [0, 0.1) is 11.3 Å². The van der Waals surface area contributed by atoms with Crippen molar-refractivity contribution in [1.29, 1.82) is 5.26 Å². The number of anilines is 1. The maximum atomic E-state index is 9.89. The smallest absolute Gasteiger partial charge is 0.134 e. The summed E-state index contributed by atoms with van der Waals surface area (Å²) in [6.07, 6.45) is 3.35. The average Bonchev–Trinajstić information content (AvgIpc) is 3.21. The van der Waals surface area contributed by atoms with Gasteiger partial charge in [0.25, 0.3) is 0 Å². The molecule has 0 saturated carbocycles. The molecule has 4 rings (SSSR count). The molecule has 6 heteroatoms. The third kappa shape index (κ3) is 3.80. The molecule has 2 aliphatic heterocycles. The van der Waals surface area contributed by atoms with E-state index in [1.807, 2.05) is 24.3 Å². The number of rotatable bonds is 4. The van der Waals surface area contributed by atoms with Crippen molar-refractivity contribution in [2.24, 2.45) is 0 Å². The normalized spacial score (nSPS) is 17.0. The summed E-state index contributed by atoms with van der Waals surface area (Å²) in [5.74, 6) is 1.81. The Balaban J connectivity index is 1.73. The summed E-state index contributed by atoms with van der Waals surface area (Å²) in [6.45, 7) is 3.98. The first kappa shape index (κ1) is 18.6. The molecule has 140 valence electrons. The van der Waals surface area contributed by atoms with Gasteiger partial charge in [-0.3, -0.25) is 0 Å². The van der Waals surface area contributed by atoms with E-state index in [1.54, 1.807) is 11.8 Å². The standard InChI is InChI=1S/C21H23ClN4S/c1-25-11-8-16-17(12-23)21(27-14-15-6-2-3-7-19(15)22)24-20(18(16)13-25)26-9-4-5-10-26/h2-3,6-7H,4-5,8-11,13-14H2,1H3. The molecule has 0 unspecified atom stereocenters. The molecule has 0 aliphatic carbocycles. The fourth-order valence-corrected chi connectivity index (χ4v) is 5.19. The highest BCUT2D eigenvalue weighted by atomic mass is 35.5. The Bertz CT molecular complexity index is 886. The first-order valence-electron chi connectivity index (χ1n) is 9.43. The third-order valence-corrected chi connectivity index (χ3v) is 6.76. The number of aromatic nitrogens is 1. The summed E-state index contributed by atoms with van der Waals surface area (Å²) in [5, 5.41) is 11.5. The number of benzene rings is 1. The van der Waals surface area contributed by atoms with Crippen LogP contribution in [0.4, 0.5) is 5.82 Å². The second-order valence-corrected chi connectivity index (χ2v) is 8.62. The Morgan fingerprint density at radius 1 is 1.19 bits per heavy atom. The number of fused-ring (bicyclic) bond motifs is 1. The van der Waals surface area contributed by atoms with Crippen LogP contribution in [0.3, 0.4) is 0 Å². The minimum absolute atomic E-state index is 0.722. The number of halogens is 1. The maximum absolute atomic E-state index is 9.89. The molecule has 0 spiro atoms. The molecule has 0 atom stereocenters. The van der Waals surface area contributed by atoms with Crippen molar-refractivity contribution in [1.82, 2.24) is 9.88 Å². The molecule has 0 bridgehead atoms. The lowest BCUT2D eigenvalue weighted by Gasteiger charge is -2.31. The molecule has 1 saturated heterocycles. The van der Waals surface area contributed by atoms with E-state index in [-0.39, 0.29) is 0 Å². The van der Waals surface area contributed by atoms with Gasteiger partial charge >= 0.3 is 0 Å². The van der Waals surface area contributed by atoms with Gasteiger partial charge in [-0.2, -0.15) is 5.26 Å². The van der Waals surface area contributed by atoms with Gasteiger partial charge in [0.15, 0.2) is 0 Å². The molecule has 1 fully saturated rings. The predicted octanol–water partition coefficient (Wildman–Crippen LogP) is 4.49. The van der Waals surface area contributed by atoms with Crippen molar-refractivity contribution in [3.63, 3.8) is 0 Å². The molecule has 2 aliphatic rings. The van der Waals surface area contributed by atoms with Crippen LogP contribution >= 0.6 is 23.4 Å². The summed E-state index contributed by atoms with van der Waals surface area (Å²) >= 11 is 7.95. The summed E-state index contributed by atoms with van der Waals surface area (Å²) in [4.78, 5) is 9.74. The van der Waals surface area contributed by atoms with Gasteiger partial charge in [-0.1, -0.05) is 29.8 Å². The number of likely N-dealkylation sites (N-methyl/N-ethyl adjacent to an activating group) is 1. The number of nitrogens with zero attached hydrogens (tertiary/aromatic N) is 4. The number of nitriles is 1. The van der Waals surface area contributed by atoms with Crippen LogP contribution in [0.1, 0.15) is 35.1 Å². The molecule has 1 aromatic heterocycles. The van der Waals surface area contributed by atoms with Crippen LogP contribution in [0.15, 0.2) is 29.3 Å². The third-order valence-electron chi connectivity index (χ3n) is 5.37. The molecule has 2 aromatic rings. The van der Waals surface area contributed by atoms with Crippen molar-refractivity contribution in [3.8, 4) is 6.07 Å². The topological polar surface area (TPSA) is 43.2 Å². The van der Waals surface area contributed by atoms with Crippen LogP contribution in [0.25, 0.3) is 0 Å². The second-order valence-electron chi connectivity index (χ2n) is 7.25. The van der Waals surface area contributed by atoms with Crippen LogP contribution in [-0.4, -0.2) is 36.6 Å². The van der Waals surface area contributed by atoms with Crippen molar-refractivity contribution >= 4 is 29.2 Å². The number of hydrogen-bond donors (Lipinski definition) is 0. The Morgan fingerprint density at radius 3 is 2.70 bits per heavy atom. The maximum Gasteiger partial charge on any atom is 0.134 e. The van der Waals surface area contributed by atoms with Gasteiger partial charge in [0.05, 0.1) is 5.56 Å². The molecule has 1 aromatic carbocycles. The highest BCUT2D eigenvalue weighted by molar-refractivity contribution is 7.98. The molecule has 4 nitrogen and oxygen atoms in total. The van der Waals surface area contributed by atoms with E-state index in [2.05, 4.69) is 22.9 Å². The lowest BCUT2D eigenvalue weighted by atomic mass is 9.96. The van der Waals surface area contributed by atoms with Crippen LogP contribution < -0.4 is 4.90 Å². The van der Waals surface area contributed by atoms with Crippen LogP contribution in [0.5, 0.6) is 0 Å². The van der Waals surface area contributed by atoms with E-state index in [1.165, 1.54) is 24.0 Å².